The van der Waals surface area contributed by atoms with Gasteiger partial charge in [0, 0.05) is 18.1 Å². The Morgan fingerprint density at radius 1 is 1.16 bits per heavy atom. The lowest BCUT2D eigenvalue weighted by molar-refractivity contribution is -0.124. The van der Waals surface area contributed by atoms with Crippen LogP contribution in [0.5, 0.6) is 0 Å². The quantitative estimate of drug-likeness (QED) is 0.769. The summed E-state index contributed by atoms with van der Waals surface area (Å²) in [5.74, 6) is 0.245. The summed E-state index contributed by atoms with van der Waals surface area (Å²) >= 11 is 0. The number of anilines is 1. The second kappa shape index (κ2) is 9.01. The molecule has 2 N–H and O–H groups in total. The van der Waals surface area contributed by atoms with Gasteiger partial charge in [0.1, 0.15) is 5.69 Å². The Labute approximate surface area is 148 Å². The van der Waals surface area contributed by atoms with Crippen molar-refractivity contribution in [1.29, 1.82) is 0 Å². The number of amides is 2. The van der Waals surface area contributed by atoms with Crippen molar-refractivity contribution < 1.29 is 14.1 Å². The van der Waals surface area contributed by atoms with Crippen LogP contribution in [0.15, 0.2) is 34.9 Å². The number of hydrogen-bond donors (Lipinski definition) is 2. The van der Waals surface area contributed by atoms with Crippen molar-refractivity contribution >= 4 is 17.7 Å². The monoisotopic (exact) mass is 343 g/mol. The van der Waals surface area contributed by atoms with E-state index in [1.165, 1.54) is 5.56 Å². The van der Waals surface area contributed by atoms with Crippen molar-refractivity contribution in [2.75, 3.05) is 11.9 Å². The highest BCUT2D eigenvalue weighted by atomic mass is 16.5. The fourth-order valence-electron chi connectivity index (χ4n) is 2.25. The fourth-order valence-corrected chi connectivity index (χ4v) is 2.25. The van der Waals surface area contributed by atoms with Crippen LogP contribution >= 0.6 is 0 Å². The summed E-state index contributed by atoms with van der Waals surface area (Å²) in [5, 5.41) is 9.15. The largest absolute Gasteiger partial charge is 0.347 e. The van der Waals surface area contributed by atoms with Gasteiger partial charge in [0.15, 0.2) is 0 Å². The van der Waals surface area contributed by atoms with Gasteiger partial charge in [0.25, 0.3) is 0 Å². The van der Waals surface area contributed by atoms with Crippen molar-refractivity contribution in [3.63, 3.8) is 0 Å². The van der Waals surface area contributed by atoms with Crippen molar-refractivity contribution in [3.8, 4) is 11.3 Å². The van der Waals surface area contributed by atoms with E-state index in [0.29, 0.717) is 18.0 Å². The van der Waals surface area contributed by atoms with Gasteiger partial charge in [-0.25, -0.2) is 0 Å². The molecular weight excluding hydrogens is 318 g/mol. The van der Waals surface area contributed by atoms with E-state index in [1.807, 2.05) is 24.3 Å². The number of rotatable bonds is 8. The second-order valence-electron chi connectivity index (χ2n) is 6.38. The highest BCUT2D eigenvalue weighted by molar-refractivity contribution is 5.93. The number of aryl methyl sites for hydroxylation is 1. The smallest absolute Gasteiger partial charge is 0.246 e. The summed E-state index contributed by atoms with van der Waals surface area (Å²) in [4.78, 5) is 23.5. The Hall–Kier alpha value is -2.63. The number of carbonyl (C=O) groups is 2. The number of hydrogen-bond acceptors (Lipinski definition) is 4. The molecule has 6 heteroatoms. The predicted molar refractivity (Wildman–Crippen MR) is 97.0 cm³/mol. The van der Waals surface area contributed by atoms with Crippen LogP contribution in [0.4, 0.5) is 5.88 Å². The van der Waals surface area contributed by atoms with Crippen LogP contribution in [0.1, 0.15) is 39.2 Å². The van der Waals surface area contributed by atoms with E-state index in [9.17, 15) is 9.59 Å². The first-order valence-electron chi connectivity index (χ1n) is 8.60. The normalized spacial score (nSPS) is 10.7. The standard InChI is InChI=1S/C19H25N3O3/c1-4-14-6-8-15(9-7-14)16-11-19(25-22-16)21-18(24)12-20-17(23)10-5-13(2)3/h6-9,11,13H,4-5,10,12H2,1-3H3,(H,20,23)(H,21,24). The molecule has 1 aromatic carbocycles. The second-order valence-corrected chi connectivity index (χ2v) is 6.38. The zero-order valence-corrected chi connectivity index (χ0v) is 15.0. The molecule has 0 saturated carbocycles. The van der Waals surface area contributed by atoms with Gasteiger partial charge in [-0.2, -0.15) is 0 Å². The Bertz CT molecular complexity index is 705. The number of carbonyl (C=O) groups excluding carboxylic acids is 2. The third-order valence-corrected chi connectivity index (χ3v) is 3.83. The van der Waals surface area contributed by atoms with E-state index in [4.69, 9.17) is 4.52 Å². The van der Waals surface area contributed by atoms with Gasteiger partial charge >= 0.3 is 0 Å². The molecule has 1 heterocycles. The zero-order chi connectivity index (χ0) is 18.2. The Balaban J connectivity index is 1.83. The van der Waals surface area contributed by atoms with Crippen LogP contribution < -0.4 is 10.6 Å². The van der Waals surface area contributed by atoms with E-state index in [0.717, 1.165) is 18.4 Å². The number of aromatic nitrogens is 1. The molecule has 0 aliphatic rings. The molecule has 0 bridgehead atoms. The Morgan fingerprint density at radius 3 is 2.52 bits per heavy atom. The topological polar surface area (TPSA) is 84.2 Å². The molecular formula is C19H25N3O3. The maximum Gasteiger partial charge on any atom is 0.246 e. The summed E-state index contributed by atoms with van der Waals surface area (Å²) < 4.78 is 5.14. The minimum atomic E-state index is -0.345. The Kier molecular flexibility index (Phi) is 6.74. The van der Waals surface area contributed by atoms with Crippen LogP contribution in [0.2, 0.25) is 0 Å². The minimum Gasteiger partial charge on any atom is -0.347 e. The van der Waals surface area contributed by atoms with Gasteiger partial charge in [-0.1, -0.05) is 50.2 Å². The van der Waals surface area contributed by atoms with Crippen LogP contribution in [0.25, 0.3) is 11.3 Å². The van der Waals surface area contributed by atoms with Crippen LogP contribution in [-0.2, 0) is 16.0 Å². The zero-order valence-electron chi connectivity index (χ0n) is 15.0. The van der Waals surface area contributed by atoms with Gasteiger partial charge in [-0.15, -0.1) is 0 Å². The molecule has 0 radical (unpaired) electrons. The van der Waals surface area contributed by atoms with Crippen molar-refractivity contribution in [1.82, 2.24) is 10.5 Å². The van der Waals surface area contributed by atoms with Gasteiger partial charge in [-0.05, 0) is 24.3 Å². The first kappa shape index (κ1) is 18.7. The van der Waals surface area contributed by atoms with Crippen molar-refractivity contribution in [2.24, 2.45) is 5.92 Å². The fraction of sp³-hybridized carbons (Fsp3) is 0.421. The van der Waals surface area contributed by atoms with Crippen molar-refractivity contribution in [3.05, 3.63) is 35.9 Å². The molecule has 0 saturated heterocycles. The molecule has 0 unspecified atom stereocenters. The van der Waals surface area contributed by atoms with E-state index in [2.05, 4.69) is 36.6 Å². The number of benzene rings is 1. The molecule has 1 aromatic heterocycles. The molecule has 0 aliphatic carbocycles. The maximum atomic E-state index is 11.9. The summed E-state index contributed by atoms with van der Waals surface area (Å²) in [6, 6.07) is 9.68. The lowest BCUT2D eigenvalue weighted by Crippen LogP contribution is -2.32. The molecule has 0 spiro atoms. The average Bonchev–Trinajstić information content (AvgIpc) is 3.06. The summed E-state index contributed by atoms with van der Waals surface area (Å²) in [7, 11) is 0. The SMILES string of the molecule is CCc1ccc(-c2cc(NC(=O)CNC(=O)CCC(C)C)on2)cc1. The predicted octanol–water partition coefficient (Wildman–Crippen LogP) is 3.39. The first-order chi connectivity index (χ1) is 12.0. The molecule has 6 nitrogen and oxygen atoms in total. The molecule has 0 atom stereocenters. The molecule has 0 aliphatic heterocycles. The summed E-state index contributed by atoms with van der Waals surface area (Å²) in [6.45, 7) is 6.12. The van der Waals surface area contributed by atoms with E-state index in [-0.39, 0.29) is 24.2 Å². The van der Waals surface area contributed by atoms with Crippen molar-refractivity contribution in [2.45, 2.75) is 40.0 Å². The Morgan fingerprint density at radius 2 is 1.88 bits per heavy atom. The third-order valence-electron chi connectivity index (χ3n) is 3.83. The van der Waals surface area contributed by atoms with Gasteiger partial charge in [0.2, 0.25) is 17.7 Å². The van der Waals surface area contributed by atoms with Gasteiger partial charge in [0.05, 0.1) is 6.54 Å². The van der Waals surface area contributed by atoms with Crippen LogP contribution in [0.3, 0.4) is 0 Å². The van der Waals surface area contributed by atoms with Gasteiger partial charge < -0.3 is 9.84 Å². The molecule has 2 aromatic rings. The lowest BCUT2D eigenvalue weighted by Gasteiger charge is -2.06. The third kappa shape index (κ3) is 6.06. The highest BCUT2D eigenvalue weighted by Gasteiger charge is 2.11. The first-order valence-corrected chi connectivity index (χ1v) is 8.60. The maximum absolute atomic E-state index is 11.9. The minimum absolute atomic E-state index is 0.0852. The van der Waals surface area contributed by atoms with Gasteiger partial charge in [-0.3, -0.25) is 14.9 Å². The van der Waals surface area contributed by atoms with Crippen LogP contribution in [0, 0.1) is 5.92 Å². The summed E-state index contributed by atoms with van der Waals surface area (Å²) in [5.41, 5.74) is 2.82. The number of nitrogens with zero attached hydrogens (tertiary/aromatic N) is 1. The molecule has 25 heavy (non-hydrogen) atoms. The van der Waals surface area contributed by atoms with E-state index in [1.54, 1.807) is 6.07 Å². The average molecular weight is 343 g/mol. The molecule has 2 rings (SSSR count). The van der Waals surface area contributed by atoms with E-state index >= 15 is 0 Å². The van der Waals surface area contributed by atoms with Crippen LogP contribution in [-0.4, -0.2) is 23.5 Å². The molecule has 0 fully saturated rings. The summed E-state index contributed by atoms with van der Waals surface area (Å²) in [6.07, 6.45) is 2.20. The highest BCUT2D eigenvalue weighted by Crippen LogP contribution is 2.22. The molecule has 2 amide bonds. The molecule has 134 valence electrons. The number of nitrogens with one attached hydrogen (secondary N) is 2. The van der Waals surface area contributed by atoms with E-state index < -0.39 is 0 Å². The lowest BCUT2D eigenvalue weighted by atomic mass is 10.1.